The van der Waals surface area contributed by atoms with Crippen LogP contribution in [0.2, 0.25) is 0 Å². The molecular formula is C17H16BrN3O3S. The number of nitrogens with zero attached hydrogens (tertiary/aromatic N) is 2. The standard InChI is InChI=1S/C17H15N3O3S.BrH/c1-10-3-8-15-16(11(10)2)19-17(24-15)18-9-14(21)12-4-6-13(7-5-12)20(22)23;/h3-8H,9H2,1-2H3,(H,18,19);1H. The molecule has 6 nitrogen and oxygen atoms in total. The number of aryl methyl sites for hydroxylation is 2. The second-order valence-electron chi connectivity index (χ2n) is 5.45. The van der Waals surface area contributed by atoms with E-state index in [0.717, 1.165) is 15.8 Å². The number of anilines is 1. The molecule has 1 N–H and O–H groups in total. The van der Waals surface area contributed by atoms with E-state index in [2.05, 4.69) is 16.4 Å². The summed E-state index contributed by atoms with van der Waals surface area (Å²) in [4.78, 5) is 26.9. The highest BCUT2D eigenvalue weighted by Gasteiger charge is 2.12. The number of carbonyl (C=O) groups excluding carboxylic acids is 1. The minimum absolute atomic E-state index is 0. The van der Waals surface area contributed by atoms with Gasteiger partial charge in [0.05, 0.1) is 21.7 Å². The van der Waals surface area contributed by atoms with Crippen molar-refractivity contribution in [1.29, 1.82) is 0 Å². The Labute approximate surface area is 158 Å². The number of non-ortho nitro benzene ring substituents is 1. The summed E-state index contributed by atoms with van der Waals surface area (Å²) in [7, 11) is 0. The highest BCUT2D eigenvalue weighted by Crippen LogP contribution is 2.29. The largest absolute Gasteiger partial charge is 0.354 e. The number of nitro groups is 1. The van der Waals surface area contributed by atoms with E-state index in [1.807, 2.05) is 19.9 Å². The van der Waals surface area contributed by atoms with Gasteiger partial charge in [0, 0.05) is 17.7 Å². The van der Waals surface area contributed by atoms with E-state index >= 15 is 0 Å². The first-order valence-electron chi connectivity index (χ1n) is 7.34. The van der Waals surface area contributed by atoms with Gasteiger partial charge in [-0.15, -0.1) is 17.0 Å². The van der Waals surface area contributed by atoms with Crippen LogP contribution in [0.5, 0.6) is 0 Å². The normalized spacial score (nSPS) is 10.3. The summed E-state index contributed by atoms with van der Waals surface area (Å²) < 4.78 is 1.07. The van der Waals surface area contributed by atoms with Crippen molar-refractivity contribution in [2.45, 2.75) is 13.8 Å². The van der Waals surface area contributed by atoms with Gasteiger partial charge in [-0.2, -0.15) is 0 Å². The van der Waals surface area contributed by atoms with Crippen molar-refractivity contribution < 1.29 is 9.72 Å². The number of hydrogen-bond donors (Lipinski definition) is 1. The number of Topliss-reactive ketones (excluding diaryl/α,β-unsaturated/α-hetero) is 1. The van der Waals surface area contributed by atoms with E-state index in [4.69, 9.17) is 0 Å². The van der Waals surface area contributed by atoms with Gasteiger partial charge in [0.1, 0.15) is 0 Å². The fourth-order valence-corrected chi connectivity index (χ4v) is 3.25. The fourth-order valence-electron chi connectivity index (χ4n) is 2.33. The highest BCUT2D eigenvalue weighted by molar-refractivity contribution is 8.93. The topological polar surface area (TPSA) is 85.1 Å². The number of carbonyl (C=O) groups is 1. The Morgan fingerprint density at radius 1 is 1.20 bits per heavy atom. The molecule has 0 unspecified atom stereocenters. The molecule has 0 saturated heterocycles. The Morgan fingerprint density at radius 3 is 2.52 bits per heavy atom. The molecule has 8 heteroatoms. The van der Waals surface area contributed by atoms with Crippen LogP contribution >= 0.6 is 28.3 Å². The monoisotopic (exact) mass is 421 g/mol. The van der Waals surface area contributed by atoms with Crippen molar-refractivity contribution in [1.82, 2.24) is 4.98 Å². The molecule has 0 atom stereocenters. The van der Waals surface area contributed by atoms with Gasteiger partial charge in [0.2, 0.25) is 0 Å². The summed E-state index contributed by atoms with van der Waals surface area (Å²) in [5.41, 5.74) is 3.67. The molecule has 0 amide bonds. The van der Waals surface area contributed by atoms with Crippen molar-refractivity contribution in [3.05, 3.63) is 63.2 Å². The zero-order valence-electron chi connectivity index (χ0n) is 13.6. The molecule has 0 aliphatic heterocycles. The Morgan fingerprint density at radius 2 is 1.88 bits per heavy atom. The molecule has 1 heterocycles. The molecule has 0 fully saturated rings. The molecule has 0 saturated carbocycles. The van der Waals surface area contributed by atoms with Crippen molar-refractivity contribution in [3.8, 4) is 0 Å². The molecule has 130 valence electrons. The SMILES string of the molecule is Br.Cc1ccc2sc(NCC(=O)c3ccc([N+](=O)[O-])cc3)nc2c1C. The number of halogens is 1. The second kappa shape index (κ2) is 7.71. The lowest BCUT2D eigenvalue weighted by molar-refractivity contribution is -0.384. The number of hydrogen-bond acceptors (Lipinski definition) is 6. The fraction of sp³-hybridized carbons (Fsp3) is 0.176. The lowest BCUT2D eigenvalue weighted by atomic mass is 10.1. The number of aromatic nitrogens is 1. The number of nitrogens with one attached hydrogen (secondary N) is 1. The molecule has 0 radical (unpaired) electrons. The summed E-state index contributed by atoms with van der Waals surface area (Å²) in [6.07, 6.45) is 0. The van der Waals surface area contributed by atoms with Gasteiger partial charge >= 0.3 is 0 Å². The highest BCUT2D eigenvalue weighted by atomic mass is 79.9. The van der Waals surface area contributed by atoms with Crippen LogP contribution in [-0.2, 0) is 0 Å². The van der Waals surface area contributed by atoms with Gasteiger partial charge in [0.25, 0.3) is 5.69 Å². The quantitative estimate of drug-likeness (QED) is 0.366. The van der Waals surface area contributed by atoms with Crippen molar-refractivity contribution in [2.24, 2.45) is 0 Å². The molecule has 1 aromatic heterocycles. The summed E-state index contributed by atoms with van der Waals surface area (Å²) in [5, 5.41) is 14.4. The predicted molar refractivity (Wildman–Crippen MR) is 105 cm³/mol. The second-order valence-corrected chi connectivity index (χ2v) is 6.48. The van der Waals surface area contributed by atoms with Crippen LogP contribution in [0.25, 0.3) is 10.2 Å². The Balaban J connectivity index is 0.00000225. The average molecular weight is 422 g/mol. The van der Waals surface area contributed by atoms with E-state index in [-0.39, 0.29) is 35.0 Å². The predicted octanol–water partition coefficient (Wildman–Crippen LogP) is 4.69. The van der Waals surface area contributed by atoms with Crippen LogP contribution in [0.1, 0.15) is 21.5 Å². The Hall–Kier alpha value is -2.32. The first-order chi connectivity index (χ1) is 11.5. The van der Waals surface area contributed by atoms with E-state index in [1.165, 1.54) is 41.2 Å². The van der Waals surface area contributed by atoms with Crippen molar-refractivity contribution in [3.63, 3.8) is 0 Å². The summed E-state index contributed by atoms with van der Waals surface area (Å²) in [5.74, 6) is -0.142. The molecular weight excluding hydrogens is 406 g/mol. The zero-order valence-corrected chi connectivity index (χ0v) is 16.1. The number of rotatable bonds is 5. The lowest BCUT2D eigenvalue weighted by Gasteiger charge is -2.02. The molecule has 0 spiro atoms. The molecule has 0 aliphatic rings. The minimum Gasteiger partial charge on any atom is -0.354 e. The summed E-state index contributed by atoms with van der Waals surface area (Å²) in [6, 6.07) is 9.68. The van der Waals surface area contributed by atoms with Gasteiger partial charge in [-0.3, -0.25) is 14.9 Å². The number of benzene rings is 2. The number of fused-ring (bicyclic) bond motifs is 1. The third kappa shape index (κ3) is 4.02. The number of ketones is 1. The van der Waals surface area contributed by atoms with Gasteiger partial charge in [-0.05, 0) is 43.2 Å². The smallest absolute Gasteiger partial charge is 0.269 e. The molecule has 0 bridgehead atoms. The average Bonchev–Trinajstić information content (AvgIpc) is 3.00. The van der Waals surface area contributed by atoms with Crippen LogP contribution in [0.15, 0.2) is 36.4 Å². The molecule has 25 heavy (non-hydrogen) atoms. The van der Waals surface area contributed by atoms with Crippen LogP contribution in [0.4, 0.5) is 10.8 Å². The minimum atomic E-state index is -0.488. The molecule has 3 aromatic rings. The van der Waals surface area contributed by atoms with Gasteiger partial charge in [0.15, 0.2) is 10.9 Å². The van der Waals surface area contributed by atoms with Crippen LogP contribution < -0.4 is 5.32 Å². The summed E-state index contributed by atoms with van der Waals surface area (Å²) in [6.45, 7) is 4.16. The van der Waals surface area contributed by atoms with Gasteiger partial charge < -0.3 is 5.32 Å². The van der Waals surface area contributed by atoms with Crippen LogP contribution in [0, 0.1) is 24.0 Å². The van der Waals surface area contributed by atoms with E-state index in [0.29, 0.717) is 10.7 Å². The Bertz CT molecular complexity index is 938. The van der Waals surface area contributed by atoms with E-state index in [9.17, 15) is 14.9 Å². The first kappa shape index (κ1) is 19.0. The van der Waals surface area contributed by atoms with E-state index in [1.54, 1.807) is 0 Å². The maximum atomic E-state index is 12.2. The first-order valence-corrected chi connectivity index (χ1v) is 8.15. The third-order valence-electron chi connectivity index (χ3n) is 3.89. The van der Waals surface area contributed by atoms with Crippen molar-refractivity contribution in [2.75, 3.05) is 11.9 Å². The lowest BCUT2D eigenvalue weighted by Crippen LogP contribution is -2.13. The molecule has 0 aliphatic carbocycles. The maximum Gasteiger partial charge on any atom is 0.269 e. The molecule has 2 aromatic carbocycles. The number of thiazole rings is 1. The third-order valence-corrected chi connectivity index (χ3v) is 4.86. The zero-order chi connectivity index (χ0) is 17.3. The van der Waals surface area contributed by atoms with Crippen LogP contribution in [-0.4, -0.2) is 22.2 Å². The Kier molecular flexibility index (Phi) is 5.86. The van der Waals surface area contributed by atoms with Crippen LogP contribution in [0.3, 0.4) is 0 Å². The van der Waals surface area contributed by atoms with E-state index < -0.39 is 4.92 Å². The van der Waals surface area contributed by atoms with Crippen molar-refractivity contribution >= 4 is 55.1 Å². The number of nitro benzene ring substituents is 1. The summed E-state index contributed by atoms with van der Waals surface area (Å²) >= 11 is 1.50. The van der Waals surface area contributed by atoms with Gasteiger partial charge in [-0.1, -0.05) is 17.4 Å². The van der Waals surface area contributed by atoms with Gasteiger partial charge in [-0.25, -0.2) is 4.98 Å². The maximum absolute atomic E-state index is 12.2. The molecule has 3 rings (SSSR count).